The van der Waals surface area contributed by atoms with Crippen molar-refractivity contribution in [3.05, 3.63) is 42.2 Å². The molecular weight excluding hydrogens is 320 g/mol. The fourth-order valence-electron chi connectivity index (χ4n) is 1.64. The molecule has 0 saturated carbocycles. The Bertz CT molecular complexity index is 733. The van der Waals surface area contributed by atoms with Crippen LogP contribution in [0.5, 0.6) is 0 Å². The second kappa shape index (κ2) is 6.90. The Hall–Kier alpha value is -2.91. The number of amides is 2. The number of hydrogen-bond donors (Lipinski definition) is 2. The van der Waals surface area contributed by atoms with Crippen molar-refractivity contribution < 1.29 is 27.2 Å². The van der Waals surface area contributed by atoms with E-state index in [9.17, 15) is 27.2 Å². The van der Waals surface area contributed by atoms with E-state index in [0.29, 0.717) is 0 Å². The summed E-state index contributed by atoms with van der Waals surface area (Å²) < 4.78 is 51.5. The summed E-state index contributed by atoms with van der Waals surface area (Å²) in [6, 6.07) is 3.08. The number of nitrogens with zero attached hydrogens (tertiary/aromatic N) is 2. The van der Waals surface area contributed by atoms with E-state index < -0.39 is 42.1 Å². The number of benzene rings is 1. The van der Waals surface area contributed by atoms with Crippen LogP contribution in [0.2, 0.25) is 0 Å². The van der Waals surface area contributed by atoms with Gasteiger partial charge in [0.2, 0.25) is 0 Å². The molecule has 0 aliphatic rings. The van der Waals surface area contributed by atoms with Gasteiger partial charge in [0.1, 0.15) is 6.54 Å². The molecule has 0 bridgehead atoms. The highest BCUT2D eigenvalue weighted by Gasteiger charge is 2.18. The van der Waals surface area contributed by atoms with E-state index in [1.807, 2.05) is 5.32 Å². The molecule has 122 valence electrons. The van der Waals surface area contributed by atoms with Gasteiger partial charge in [-0.1, -0.05) is 6.07 Å². The number of rotatable bonds is 4. The van der Waals surface area contributed by atoms with Crippen molar-refractivity contribution in [2.24, 2.45) is 0 Å². The molecule has 1 heterocycles. The molecule has 0 spiro atoms. The molecule has 6 nitrogen and oxygen atoms in total. The van der Waals surface area contributed by atoms with E-state index in [-0.39, 0.29) is 5.69 Å². The number of halogens is 4. The molecule has 1 aromatic carbocycles. The van der Waals surface area contributed by atoms with Crippen LogP contribution in [0.3, 0.4) is 0 Å². The Labute approximate surface area is 127 Å². The van der Waals surface area contributed by atoms with Gasteiger partial charge < -0.3 is 10.6 Å². The number of aromatic nitrogens is 2. The maximum atomic E-state index is 13.4. The molecule has 10 heteroatoms. The van der Waals surface area contributed by atoms with Gasteiger partial charge in [0.15, 0.2) is 11.6 Å². The highest BCUT2D eigenvalue weighted by Crippen LogP contribution is 2.16. The summed E-state index contributed by atoms with van der Waals surface area (Å²) in [6.07, 6.45) is -0.464. The van der Waals surface area contributed by atoms with Crippen LogP contribution in [0.25, 0.3) is 0 Å². The number of carbonyl (C=O) groups is 2. The summed E-state index contributed by atoms with van der Waals surface area (Å²) in [4.78, 5) is 23.2. The highest BCUT2D eigenvalue weighted by atomic mass is 19.3. The third-order valence-electron chi connectivity index (χ3n) is 2.62. The third kappa shape index (κ3) is 4.28. The lowest BCUT2D eigenvalue weighted by Gasteiger charge is -2.06. The van der Waals surface area contributed by atoms with Gasteiger partial charge in [-0.25, -0.2) is 17.6 Å². The van der Waals surface area contributed by atoms with Crippen LogP contribution >= 0.6 is 0 Å². The number of nitrogens with one attached hydrogen (secondary N) is 2. The molecule has 2 aromatic rings. The summed E-state index contributed by atoms with van der Waals surface area (Å²) in [5.41, 5.74) is -0.496. The fourth-order valence-corrected chi connectivity index (χ4v) is 1.64. The third-order valence-corrected chi connectivity index (χ3v) is 2.62. The van der Waals surface area contributed by atoms with Crippen LogP contribution in [-0.2, 0) is 16.1 Å². The molecular formula is C13H10F4N4O2. The van der Waals surface area contributed by atoms with Crippen LogP contribution in [0.4, 0.5) is 28.9 Å². The predicted octanol–water partition coefficient (Wildman–Crippen LogP) is 2.00. The number of carbonyl (C=O) groups excluding carboxylic acids is 2. The molecule has 0 fully saturated rings. The van der Waals surface area contributed by atoms with Gasteiger partial charge in [0.25, 0.3) is 6.43 Å². The zero-order valence-corrected chi connectivity index (χ0v) is 11.4. The minimum Gasteiger partial charge on any atom is -0.315 e. The lowest BCUT2D eigenvalue weighted by molar-refractivity contribution is -0.133. The van der Waals surface area contributed by atoms with Crippen LogP contribution in [0.15, 0.2) is 30.6 Å². The molecule has 0 atom stereocenters. The van der Waals surface area contributed by atoms with E-state index >= 15 is 0 Å². The van der Waals surface area contributed by atoms with Crippen molar-refractivity contribution >= 4 is 23.2 Å². The average molecular weight is 330 g/mol. The Morgan fingerprint density at radius 1 is 1.17 bits per heavy atom. The largest absolute Gasteiger partial charge is 0.315 e. The Morgan fingerprint density at radius 2 is 1.87 bits per heavy atom. The summed E-state index contributed by atoms with van der Waals surface area (Å²) in [7, 11) is 0. The van der Waals surface area contributed by atoms with E-state index in [1.165, 1.54) is 0 Å². The number of alkyl halides is 2. The average Bonchev–Trinajstić information content (AvgIpc) is 2.90. The van der Waals surface area contributed by atoms with Crippen LogP contribution in [0.1, 0.15) is 0 Å². The minimum atomic E-state index is -2.63. The van der Waals surface area contributed by atoms with E-state index in [4.69, 9.17) is 0 Å². The van der Waals surface area contributed by atoms with Gasteiger partial charge >= 0.3 is 11.8 Å². The Kier molecular flexibility index (Phi) is 4.94. The SMILES string of the molecule is O=C(Nc1cnn(CC(F)F)c1)C(=O)Nc1cccc(F)c1F. The van der Waals surface area contributed by atoms with Gasteiger partial charge in [-0.2, -0.15) is 5.10 Å². The molecule has 2 N–H and O–H groups in total. The van der Waals surface area contributed by atoms with Crippen molar-refractivity contribution in [1.82, 2.24) is 9.78 Å². The quantitative estimate of drug-likeness (QED) is 0.665. The fraction of sp³-hybridized carbons (Fsp3) is 0.154. The molecule has 2 amide bonds. The molecule has 2 rings (SSSR count). The Balaban J connectivity index is 1.99. The molecule has 23 heavy (non-hydrogen) atoms. The predicted molar refractivity (Wildman–Crippen MR) is 71.8 cm³/mol. The smallest absolute Gasteiger partial charge is 0.314 e. The number of anilines is 2. The second-order valence-electron chi connectivity index (χ2n) is 4.35. The molecule has 0 unspecified atom stereocenters. The van der Waals surface area contributed by atoms with Gasteiger partial charge in [-0.05, 0) is 12.1 Å². The normalized spacial score (nSPS) is 10.7. The van der Waals surface area contributed by atoms with E-state index in [1.54, 1.807) is 0 Å². The lowest BCUT2D eigenvalue weighted by atomic mass is 10.3. The first kappa shape index (κ1) is 16.5. The summed E-state index contributed by atoms with van der Waals surface area (Å²) in [5.74, 6) is -4.93. The summed E-state index contributed by atoms with van der Waals surface area (Å²) in [5, 5.41) is 7.55. The van der Waals surface area contributed by atoms with Gasteiger partial charge in [-0.15, -0.1) is 0 Å². The van der Waals surface area contributed by atoms with Crippen molar-refractivity contribution in [1.29, 1.82) is 0 Å². The van der Waals surface area contributed by atoms with Gasteiger partial charge in [-0.3, -0.25) is 14.3 Å². The van der Waals surface area contributed by atoms with Crippen molar-refractivity contribution in [2.75, 3.05) is 10.6 Å². The van der Waals surface area contributed by atoms with Crippen LogP contribution in [0, 0.1) is 11.6 Å². The minimum absolute atomic E-state index is 0.00511. The van der Waals surface area contributed by atoms with Crippen LogP contribution in [-0.4, -0.2) is 28.0 Å². The Morgan fingerprint density at radius 3 is 2.57 bits per heavy atom. The maximum Gasteiger partial charge on any atom is 0.314 e. The summed E-state index contributed by atoms with van der Waals surface area (Å²) in [6.45, 7) is -0.670. The topological polar surface area (TPSA) is 76.0 Å². The van der Waals surface area contributed by atoms with E-state index in [2.05, 4.69) is 10.4 Å². The van der Waals surface area contributed by atoms with Crippen molar-refractivity contribution in [3.8, 4) is 0 Å². The first-order chi connectivity index (χ1) is 10.9. The van der Waals surface area contributed by atoms with Gasteiger partial charge in [0, 0.05) is 6.20 Å². The zero-order chi connectivity index (χ0) is 17.0. The molecule has 0 saturated heterocycles. The first-order valence-electron chi connectivity index (χ1n) is 6.23. The first-order valence-corrected chi connectivity index (χ1v) is 6.23. The maximum absolute atomic E-state index is 13.4. The molecule has 0 aliphatic carbocycles. The van der Waals surface area contributed by atoms with Crippen molar-refractivity contribution in [2.45, 2.75) is 13.0 Å². The van der Waals surface area contributed by atoms with Gasteiger partial charge in [0.05, 0.1) is 17.6 Å². The monoisotopic (exact) mass is 330 g/mol. The van der Waals surface area contributed by atoms with E-state index in [0.717, 1.165) is 35.3 Å². The standard InChI is InChI=1S/C13H10F4N4O2/c14-8-2-1-3-9(11(8)17)20-13(23)12(22)19-7-4-18-21(5-7)6-10(15)16/h1-5,10H,6H2,(H,19,22)(H,20,23). The number of hydrogen-bond acceptors (Lipinski definition) is 3. The molecule has 0 aliphatic heterocycles. The van der Waals surface area contributed by atoms with Crippen molar-refractivity contribution in [3.63, 3.8) is 0 Å². The highest BCUT2D eigenvalue weighted by molar-refractivity contribution is 6.43. The zero-order valence-electron chi connectivity index (χ0n) is 11.4. The molecule has 0 radical (unpaired) electrons. The van der Waals surface area contributed by atoms with Crippen LogP contribution < -0.4 is 10.6 Å². The lowest BCUT2D eigenvalue weighted by Crippen LogP contribution is -2.29. The second-order valence-corrected chi connectivity index (χ2v) is 4.35. The molecule has 1 aromatic heterocycles. The summed E-state index contributed by atoms with van der Waals surface area (Å²) >= 11 is 0.